The van der Waals surface area contributed by atoms with Gasteiger partial charge in [0.05, 0.1) is 39.6 Å². The van der Waals surface area contributed by atoms with Gasteiger partial charge >= 0.3 is 0 Å². The van der Waals surface area contributed by atoms with E-state index in [0.717, 1.165) is 65.7 Å². The lowest BCUT2D eigenvalue weighted by Gasteiger charge is -2.28. The quantitative estimate of drug-likeness (QED) is 0.193. The van der Waals surface area contributed by atoms with Crippen LogP contribution in [0.4, 0.5) is 0 Å². The predicted molar refractivity (Wildman–Crippen MR) is 124 cm³/mol. The average molecular weight is 485 g/mol. The molecule has 0 aromatic carbocycles. The Labute approximate surface area is 204 Å². The minimum Gasteiger partial charge on any atom is -0.379 e. The molecule has 4 aliphatic heterocycles. The highest BCUT2D eigenvalue weighted by molar-refractivity contribution is 5.02. The molecule has 4 saturated heterocycles. The molecule has 5 aliphatic rings. The molecule has 4 heterocycles. The monoisotopic (exact) mass is 484 g/mol. The van der Waals surface area contributed by atoms with Gasteiger partial charge in [-0.05, 0) is 50.4 Å². The Balaban J connectivity index is 0.787. The van der Waals surface area contributed by atoms with Gasteiger partial charge in [-0.2, -0.15) is 0 Å². The van der Waals surface area contributed by atoms with E-state index in [9.17, 15) is 0 Å². The Morgan fingerprint density at radius 2 is 0.941 bits per heavy atom. The Kier molecular flexibility index (Phi) is 9.90. The Bertz CT molecular complexity index is 575. The lowest BCUT2D eigenvalue weighted by molar-refractivity contribution is 0.0415. The van der Waals surface area contributed by atoms with E-state index in [1.54, 1.807) is 0 Å². The summed E-state index contributed by atoms with van der Waals surface area (Å²) in [4.78, 5) is 0. The first-order valence-corrected chi connectivity index (χ1v) is 13.7. The second kappa shape index (κ2) is 13.3. The summed E-state index contributed by atoms with van der Waals surface area (Å²) >= 11 is 0. The summed E-state index contributed by atoms with van der Waals surface area (Å²) in [6.45, 7) is 8.07. The lowest BCUT2D eigenvalue weighted by Crippen LogP contribution is -2.23. The lowest BCUT2D eigenvalue weighted by atomic mass is 9.83. The van der Waals surface area contributed by atoms with Crippen LogP contribution in [0, 0.1) is 11.8 Å². The SMILES string of the molecule is C(CCCOCC1OC1C1OC1COCC1CCC(COCC2CO2)CC1)CCOCC1CO1. The largest absolute Gasteiger partial charge is 0.379 e. The molecule has 8 heteroatoms. The highest BCUT2D eigenvalue weighted by atomic mass is 16.7. The molecule has 0 aromatic rings. The molecule has 34 heavy (non-hydrogen) atoms. The number of rotatable bonds is 20. The molecule has 0 spiro atoms. The van der Waals surface area contributed by atoms with E-state index in [4.69, 9.17) is 37.9 Å². The highest BCUT2D eigenvalue weighted by Gasteiger charge is 2.57. The standard InChI is InChI=1S/C26H44O8/c1(3-9-27-13-21-15-31-21)2-4-10-28-17-23-25(33-23)26-24(34-26)18-30-12-20-7-5-19(6-8-20)11-29-14-22-16-32-22/h19-26H,1-18H2. The highest BCUT2D eigenvalue weighted by Crippen LogP contribution is 2.39. The fourth-order valence-corrected chi connectivity index (χ4v) is 4.95. The van der Waals surface area contributed by atoms with E-state index in [-0.39, 0.29) is 24.4 Å². The third-order valence-electron chi connectivity index (χ3n) is 7.54. The zero-order valence-corrected chi connectivity index (χ0v) is 20.6. The summed E-state index contributed by atoms with van der Waals surface area (Å²) in [6.07, 6.45) is 11.2. The molecule has 0 amide bonds. The van der Waals surface area contributed by atoms with Crippen molar-refractivity contribution in [3.8, 4) is 0 Å². The number of ether oxygens (including phenoxy) is 8. The summed E-state index contributed by atoms with van der Waals surface area (Å²) in [5.74, 6) is 1.40. The van der Waals surface area contributed by atoms with Crippen LogP contribution in [-0.2, 0) is 37.9 Å². The first kappa shape index (κ1) is 25.3. The van der Waals surface area contributed by atoms with Gasteiger partial charge in [-0.3, -0.25) is 0 Å². The van der Waals surface area contributed by atoms with Crippen molar-refractivity contribution in [1.29, 1.82) is 0 Å². The van der Waals surface area contributed by atoms with Gasteiger partial charge in [0.2, 0.25) is 0 Å². The molecular weight excluding hydrogens is 440 g/mol. The second-order valence-corrected chi connectivity index (χ2v) is 10.7. The third kappa shape index (κ3) is 9.28. The van der Waals surface area contributed by atoms with Gasteiger partial charge in [0.15, 0.2) is 0 Å². The average Bonchev–Trinajstić information content (AvgIpc) is 3.67. The molecule has 6 unspecified atom stereocenters. The van der Waals surface area contributed by atoms with E-state index in [2.05, 4.69) is 0 Å². The predicted octanol–water partition coefficient (Wildman–Crippen LogP) is 2.75. The summed E-state index contributed by atoms with van der Waals surface area (Å²) in [7, 11) is 0. The molecular formula is C26H44O8. The Morgan fingerprint density at radius 1 is 0.500 bits per heavy atom. The molecule has 0 aromatic heterocycles. The van der Waals surface area contributed by atoms with E-state index in [0.29, 0.717) is 37.3 Å². The maximum absolute atomic E-state index is 6.00. The number of epoxide rings is 4. The summed E-state index contributed by atoms with van der Waals surface area (Å²) in [6, 6.07) is 0. The van der Waals surface area contributed by atoms with Crippen LogP contribution in [0.3, 0.4) is 0 Å². The summed E-state index contributed by atoms with van der Waals surface area (Å²) in [5, 5.41) is 0. The van der Waals surface area contributed by atoms with Crippen molar-refractivity contribution in [1.82, 2.24) is 0 Å². The van der Waals surface area contributed by atoms with Crippen LogP contribution in [0.1, 0.15) is 51.4 Å². The van der Waals surface area contributed by atoms with Gasteiger partial charge in [0.25, 0.3) is 0 Å². The maximum atomic E-state index is 6.00. The van der Waals surface area contributed by atoms with Crippen molar-refractivity contribution in [2.45, 2.75) is 88.0 Å². The van der Waals surface area contributed by atoms with Crippen molar-refractivity contribution < 1.29 is 37.9 Å². The van der Waals surface area contributed by atoms with Gasteiger partial charge < -0.3 is 37.9 Å². The molecule has 0 radical (unpaired) electrons. The molecule has 8 nitrogen and oxygen atoms in total. The smallest absolute Gasteiger partial charge is 0.115 e. The maximum Gasteiger partial charge on any atom is 0.115 e. The van der Waals surface area contributed by atoms with Crippen LogP contribution in [0.25, 0.3) is 0 Å². The van der Waals surface area contributed by atoms with Crippen molar-refractivity contribution in [3.05, 3.63) is 0 Å². The first-order chi connectivity index (χ1) is 16.8. The van der Waals surface area contributed by atoms with Crippen LogP contribution in [0.2, 0.25) is 0 Å². The molecule has 0 bridgehead atoms. The normalized spacial score (nSPS) is 38.1. The van der Waals surface area contributed by atoms with E-state index in [1.165, 1.54) is 38.5 Å². The molecule has 6 atom stereocenters. The van der Waals surface area contributed by atoms with Crippen molar-refractivity contribution >= 4 is 0 Å². The van der Waals surface area contributed by atoms with Gasteiger partial charge in [0.1, 0.15) is 36.6 Å². The van der Waals surface area contributed by atoms with E-state index >= 15 is 0 Å². The fraction of sp³-hybridized carbons (Fsp3) is 1.00. The van der Waals surface area contributed by atoms with Crippen molar-refractivity contribution in [3.63, 3.8) is 0 Å². The topological polar surface area (TPSA) is 87.0 Å². The number of hydrogen-bond donors (Lipinski definition) is 0. The minimum atomic E-state index is 0.206. The molecule has 1 aliphatic carbocycles. The molecule has 5 rings (SSSR count). The fourth-order valence-electron chi connectivity index (χ4n) is 4.95. The zero-order valence-electron chi connectivity index (χ0n) is 20.6. The third-order valence-corrected chi connectivity index (χ3v) is 7.54. The van der Waals surface area contributed by atoms with E-state index in [1.807, 2.05) is 0 Å². The van der Waals surface area contributed by atoms with Gasteiger partial charge in [-0.1, -0.05) is 12.8 Å². The molecule has 5 fully saturated rings. The van der Waals surface area contributed by atoms with Crippen LogP contribution in [0.5, 0.6) is 0 Å². The molecule has 196 valence electrons. The van der Waals surface area contributed by atoms with Gasteiger partial charge in [-0.15, -0.1) is 0 Å². The van der Waals surface area contributed by atoms with Crippen LogP contribution >= 0.6 is 0 Å². The van der Waals surface area contributed by atoms with E-state index < -0.39 is 0 Å². The zero-order chi connectivity index (χ0) is 23.0. The van der Waals surface area contributed by atoms with Crippen LogP contribution in [-0.4, -0.2) is 103 Å². The summed E-state index contributed by atoms with van der Waals surface area (Å²) in [5.41, 5.74) is 0. The van der Waals surface area contributed by atoms with Crippen molar-refractivity contribution in [2.75, 3.05) is 66.1 Å². The molecule has 0 N–H and O–H groups in total. The minimum absolute atomic E-state index is 0.206. The van der Waals surface area contributed by atoms with Crippen molar-refractivity contribution in [2.24, 2.45) is 11.8 Å². The second-order valence-electron chi connectivity index (χ2n) is 10.7. The number of unbranched alkanes of at least 4 members (excludes halogenated alkanes) is 3. The van der Waals surface area contributed by atoms with Crippen LogP contribution < -0.4 is 0 Å². The van der Waals surface area contributed by atoms with Crippen LogP contribution in [0.15, 0.2) is 0 Å². The Morgan fingerprint density at radius 3 is 1.47 bits per heavy atom. The molecule has 1 saturated carbocycles. The summed E-state index contributed by atoms with van der Waals surface area (Å²) < 4.78 is 45.0. The first-order valence-electron chi connectivity index (χ1n) is 13.7. The number of hydrogen-bond acceptors (Lipinski definition) is 8. The van der Waals surface area contributed by atoms with Gasteiger partial charge in [0, 0.05) is 26.4 Å². The Hall–Kier alpha value is -0.320. The van der Waals surface area contributed by atoms with Gasteiger partial charge in [-0.25, -0.2) is 0 Å².